The summed E-state index contributed by atoms with van der Waals surface area (Å²) in [6, 6.07) is 2.07. The first kappa shape index (κ1) is 14.1. The van der Waals surface area contributed by atoms with Crippen molar-refractivity contribution in [2.45, 2.75) is 46.0 Å². The lowest BCUT2D eigenvalue weighted by Gasteiger charge is -2.23. The Morgan fingerprint density at radius 3 is 2.74 bits per heavy atom. The first-order valence-corrected chi connectivity index (χ1v) is 7.42. The lowest BCUT2D eigenvalue weighted by Crippen LogP contribution is -2.26. The van der Waals surface area contributed by atoms with Crippen LogP contribution in [0.5, 0.6) is 0 Å². The molecule has 1 atom stereocenters. The normalized spacial score (nSPS) is 20.5. The number of anilines is 2. The van der Waals surface area contributed by atoms with Crippen LogP contribution in [0.1, 0.15) is 51.8 Å². The van der Waals surface area contributed by atoms with E-state index in [4.69, 9.17) is 4.98 Å². The number of nitrogens with one attached hydrogen (secondary N) is 1. The van der Waals surface area contributed by atoms with Gasteiger partial charge in [-0.15, -0.1) is 0 Å². The van der Waals surface area contributed by atoms with Crippen molar-refractivity contribution in [3.63, 3.8) is 0 Å². The average Bonchev–Trinajstić information content (AvgIpc) is 2.63. The van der Waals surface area contributed by atoms with Crippen LogP contribution in [0.15, 0.2) is 6.07 Å². The molecule has 4 nitrogen and oxygen atoms in total. The van der Waals surface area contributed by atoms with E-state index in [1.807, 2.05) is 7.05 Å². The van der Waals surface area contributed by atoms with E-state index < -0.39 is 0 Å². The van der Waals surface area contributed by atoms with Gasteiger partial charge >= 0.3 is 0 Å². The molecular weight excluding hydrogens is 236 g/mol. The second-order valence-electron chi connectivity index (χ2n) is 5.90. The molecule has 19 heavy (non-hydrogen) atoms. The molecule has 1 N–H and O–H groups in total. The van der Waals surface area contributed by atoms with E-state index in [1.165, 1.54) is 19.3 Å². The van der Waals surface area contributed by atoms with Gasteiger partial charge in [0, 0.05) is 32.1 Å². The molecule has 0 spiro atoms. The van der Waals surface area contributed by atoms with Crippen LogP contribution in [0.2, 0.25) is 0 Å². The Hall–Kier alpha value is -1.32. The molecule has 2 rings (SSSR count). The summed E-state index contributed by atoms with van der Waals surface area (Å²) in [5.74, 6) is 4.13. The van der Waals surface area contributed by atoms with Crippen LogP contribution in [0.4, 0.5) is 11.6 Å². The summed E-state index contributed by atoms with van der Waals surface area (Å²) in [4.78, 5) is 11.7. The van der Waals surface area contributed by atoms with Crippen molar-refractivity contribution in [2.24, 2.45) is 5.92 Å². The van der Waals surface area contributed by atoms with E-state index in [1.54, 1.807) is 0 Å². The average molecular weight is 262 g/mol. The summed E-state index contributed by atoms with van der Waals surface area (Å²) < 4.78 is 0. The molecule has 4 heteroatoms. The number of nitrogens with zero attached hydrogens (tertiary/aromatic N) is 3. The molecule has 0 aromatic carbocycles. The zero-order chi connectivity index (χ0) is 13.8. The van der Waals surface area contributed by atoms with E-state index in [2.05, 4.69) is 42.0 Å². The first-order valence-electron chi connectivity index (χ1n) is 7.42. The maximum Gasteiger partial charge on any atom is 0.135 e. The summed E-state index contributed by atoms with van der Waals surface area (Å²) in [7, 11) is 1.92. The second kappa shape index (κ2) is 6.22. The third kappa shape index (κ3) is 3.58. The minimum atomic E-state index is 0.359. The van der Waals surface area contributed by atoms with Crippen LogP contribution < -0.4 is 10.2 Å². The van der Waals surface area contributed by atoms with Gasteiger partial charge in [0.25, 0.3) is 0 Å². The van der Waals surface area contributed by atoms with Crippen molar-refractivity contribution >= 4 is 11.6 Å². The lowest BCUT2D eigenvalue weighted by atomic mass is 10.0. The highest BCUT2D eigenvalue weighted by Gasteiger charge is 2.17. The van der Waals surface area contributed by atoms with Crippen LogP contribution in [-0.4, -0.2) is 30.1 Å². The molecule has 2 heterocycles. The molecule has 1 fully saturated rings. The van der Waals surface area contributed by atoms with Crippen LogP contribution in [0, 0.1) is 5.92 Å². The van der Waals surface area contributed by atoms with E-state index in [0.717, 1.165) is 36.5 Å². The molecule has 106 valence electrons. The molecule has 1 unspecified atom stereocenters. The van der Waals surface area contributed by atoms with E-state index >= 15 is 0 Å². The van der Waals surface area contributed by atoms with Gasteiger partial charge in [-0.05, 0) is 25.2 Å². The Kier molecular flexibility index (Phi) is 4.61. The molecule has 0 saturated carbocycles. The van der Waals surface area contributed by atoms with Crippen LogP contribution in [0.3, 0.4) is 0 Å². The molecule has 1 aromatic heterocycles. The number of aromatic nitrogens is 2. The van der Waals surface area contributed by atoms with Gasteiger partial charge in [-0.3, -0.25) is 0 Å². The zero-order valence-corrected chi connectivity index (χ0v) is 12.6. The van der Waals surface area contributed by atoms with E-state index in [-0.39, 0.29) is 0 Å². The molecule has 1 aromatic rings. The maximum absolute atomic E-state index is 4.75. The summed E-state index contributed by atoms with van der Waals surface area (Å²) in [5, 5.41) is 3.15. The van der Waals surface area contributed by atoms with E-state index in [9.17, 15) is 0 Å². The van der Waals surface area contributed by atoms with Gasteiger partial charge in [0.15, 0.2) is 0 Å². The fourth-order valence-corrected chi connectivity index (χ4v) is 2.49. The van der Waals surface area contributed by atoms with Crippen LogP contribution in [-0.2, 0) is 0 Å². The summed E-state index contributed by atoms with van der Waals surface area (Å²) >= 11 is 0. The SMILES string of the molecule is CNc1cc(N2CCCC(C)CC2)nc(C(C)C)n1. The predicted octanol–water partition coefficient (Wildman–Crippen LogP) is 3.27. The predicted molar refractivity (Wildman–Crippen MR) is 80.9 cm³/mol. The van der Waals surface area contributed by atoms with Gasteiger partial charge < -0.3 is 10.2 Å². The fraction of sp³-hybridized carbons (Fsp3) is 0.733. The molecule has 0 amide bonds. The molecule has 0 radical (unpaired) electrons. The fourth-order valence-electron chi connectivity index (χ4n) is 2.49. The highest BCUT2D eigenvalue weighted by molar-refractivity contribution is 5.49. The van der Waals surface area contributed by atoms with Gasteiger partial charge in [0.05, 0.1) is 0 Å². The smallest absolute Gasteiger partial charge is 0.135 e. The summed E-state index contributed by atoms with van der Waals surface area (Å²) in [6.07, 6.45) is 3.85. The topological polar surface area (TPSA) is 41.0 Å². The Balaban J connectivity index is 2.24. The molecule has 1 aliphatic heterocycles. The first-order chi connectivity index (χ1) is 9.10. The van der Waals surface area contributed by atoms with Gasteiger partial charge in [-0.25, -0.2) is 9.97 Å². The Morgan fingerprint density at radius 1 is 1.26 bits per heavy atom. The van der Waals surface area contributed by atoms with Crippen LogP contribution >= 0.6 is 0 Å². The van der Waals surface area contributed by atoms with Crippen LogP contribution in [0.25, 0.3) is 0 Å². The Labute approximate surface area is 116 Å². The lowest BCUT2D eigenvalue weighted by molar-refractivity contribution is 0.521. The quantitative estimate of drug-likeness (QED) is 0.907. The largest absolute Gasteiger partial charge is 0.373 e. The Morgan fingerprint density at radius 2 is 2.05 bits per heavy atom. The summed E-state index contributed by atoms with van der Waals surface area (Å²) in [5.41, 5.74) is 0. The highest BCUT2D eigenvalue weighted by atomic mass is 15.2. The minimum Gasteiger partial charge on any atom is -0.373 e. The monoisotopic (exact) mass is 262 g/mol. The van der Waals surface area contributed by atoms with E-state index in [0.29, 0.717) is 5.92 Å². The third-order valence-electron chi connectivity index (χ3n) is 3.84. The van der Waals surface area contributed by atoms with Crippen molar-refractivity contribution in [1.29, 1.82) is 0 Å². The van der Waals surface area contributed by atoms with Gasteiger partial charge in [-0.1, -0.05) is 20.8 Å². The van der Waals surface area contributed by atoms with Gasteiger partial charge in [0.1, 0.15) is 17.5 Å². The van der Waals surface area contributed by atoms with Gasteiger partial charge in [0.2, 0.25) is 0 Å². The maximum atomic E-state index is 4.75. The standard InChI is InChI=1S/C15H26N4/c1-11(2)15-17-13(16-4)10-14(18-15)19-8-5-6-12(3)7-9-19/h10-12H,5-9H2,1-4H3,(H,16,17,18). The molecule has 1 aliphatic rings. The number of hydrogen-bond donors (Lipinski definition) is 1. The van der Waals surface area contributed by atoms with Gasteiger partial charge in [-0.2, -0.15) is 0 Å². The van der Waals surface area contributed by atoms with Crippen molar-refractivity contribution in [3.8, 4) is 0 Å². The van der Waals surface area contributed by atoms with Crippen molar-refractivity contribution in [3.05, 3.63) is 11.9 Å². The van der Waals surface area contributed by atoms with Crippen molar-refractivity contribution in [2.75, 3.05) is 30.4 Å². The number of hydrogen-bond acceptors (Lipinski definition) is 4. The molecule has 1 saturated heterocycles. The zero-order valence-electron chi connectivity index (χ0n) is 12.6. The second-order valence-corrected chi connectivity index (χ2v) is 5.90. The molecule has 0 aliphatic carbocycles. The van der Waals surface area contributed by atoms with Crippen molar-refractivity contribution in [1.82, 2.24) is 9.97 Å². The summed E-state index contributed by atoms with van der Waals surface area (Å²) in [6.45, 7) is 8.86. The minimum absolute atomic E-state index is 0.359. The molecular formula is C15H26N4. The van der Waals surface area contributed by atoms with Crippen molar-refractivity contribution < 1.29 is 0 Å². The third-order valence-corrected chi connectivity index (χ3v) is 3.84. The Bertz CT molecular complexity index is 417. The number of rotatable bonds is 3. The highest BCUT2D eigenvalue weighted by Crippen LogP contribution is 2.24. The molecule has 0 bridgehead atoms.